The molecule has 0 radical (unpaired) electrons. The van der Waals surface area contributed by atoms with E-state index in [9.17, 15) is 14.7 Å². The van der Waals surface area contributed by atoms with E-state index in [0.29, 0.717) is 19.8 Å². The molecule has 1 atom stereocenters. The maximum absolute atomic E-state index is 12.3. The average Bonchev–Trinajstić information content (AvgIpc) is 3.18. The number of rotatable bonds is 3. The summed E-state index contributed by atoms with van der Waals surface area (Å²) in [7, 11) is 0. The summed E-state index contributed by atoms with van der Waals surface area (Å²) in [5, 5.41) is 14.0. The number of amides is 2. The largest absolute Gasteiger partial charge is 0.465 e. The third-order valence-corrected chi connectivity index (χ3v) is 5.41. The maximum Gasteiger partial charge on any atom is 0.408 e. The number of halogens is 1. The monoisotopic (exact) mass is 390 g/mol. The Kier molecular flexibility index (Phi) is 4.40. The van der Waals surface area contributed by atoms with Crippen molar-refractivity contribution in [2.75, 3.05) is 19.8 Å². The lowest BCUT2D eigenvalue weighted by molar-refractivity contribution is -0.146. The Labute approximate surface area is 139 Å². The molecule has 7 nitrogen and oxygen atoms in total. The van der Waals surface area contributed by atoms with Crippen molar-refractivity contribution < 1.29 is 24.2 Å². The zero-order valence-electron chi connectivity index (χ0n) is 11.6. The number of nitrogens with zero attached hydrogens (tertiary/aromatic N) is 1. The molecule has 2 saturated heterocycles. The van der Waals surface area contributed by atoms with Crippen LogP contribution in [0.1, 0.15) is 11.3 Å². The van der Waals surface area contributed by atoms with Gasteiger partial charge in [-0.15, -0.1) is 11.3 Å². The van der Waals surface area contributed by atoms with Crippen molar-refractivity contribution >= 4 is 39.3 Å². The standard InChI is InChI=1S/C13H15BrN2O5S/c14-8-3-9(22-6-8)5-15-11(17)10-4-13(20-1-2-21-13)7-16(10)12(18)19/h3,6,10H,1-2,4-5,7H2,(H,15,17)(H,18,19). The fourth-order valence-corrected chi connectivity index (χ4v) is 4.11. The predicted octanol–water partition coefficient (Wildman–Crippen LogP) is 1.62. The van der Waals surface area contributed by atoms with E-state index >= 15 is 0 Å². The van der Waals surface area contributed by atoms with Gasteiger partial charge < -0.3 is 19.9 Å². The maximum atomic E-state index is 12.3. The molecular weight excluding hydrogens is 376 g/mol. The highest BCUT2D eigenvalue weighted by Crippen LogP contribution is 2.34. The lowest BCUT2D eigenvalue weighted by atomic mass is 10.1. The average molecular weight is 391 g/mol. The highest BCUT2D eigenvalue weighted by atomic mass is 79.9. The molecule has 2 N–H and O–H groups in total. The molecule has 22 heavy (non-hydrogen) atoms. The SMILES string of the molecule is O=C(NCc1cc(Br)cs1)C1CC2(CN1C(=O)O)OCCO2. The van der Waals surface area contributed by atoms with Crippen LogP contribution in [0.4, 0.5) is 4.79 Å². The lowest BCUT2D eigenvalue weighted by Crippen LogP contribution is -2.45. The normalized spacial score (nSPS) is 23.1. The molecule has 1 aromatic heterocycles. The van der Waals surface area contributed by atoms with Gasteiger partial charge >= 0.3 is 6.09 Å². The summed E-state index contributed by atoms with van der Waals surface area (Å²) in [6, 6.07) is 1.12. The Balaban J connectivity index is 1.65. The third-order valence-electron chi connectivity index (χ3n) is 3.71. The van der Waals surface area contributed by atoms with Gasteiger partial charge in [-0.1, -0.05) is 0 Å². The van der Waals surface area contributed by atoms with E-state index < -0.39 is 17.9 Å². The van der Waals surface area contributed by atoms with Crippen LogP contribution in [0.2, 0.25) is 0 Å². The number of likely N-dealkylation sites (tertiary alicyclic amines) is 1. The summed E-state index contributed by atoms with van der Waals surface area (Å²) in [5.74, 6) is -1.30. The molecule has 3 heterocycles. The van der Waals surface area contributed by atoms with E-state index in [1.165, 1.54) is 11.3 Å². The first-order valence-electron chi connectivity index (χ1n) is 6.77. The number of hydrogen-bond donors (Lipinski definition) is 2. The van der Waals surface area contributed by atoms with E-state index in [0.717, 1.165) is 14.2 Å². The van der Waals surface area contributed by atoms with Crippen molar-refractivity contribution in [3.63, 3.8) is 0 Å². The number of hydrogen-bond acceptors (Lipinski definition) is 5. The van der Waals surface area contributed by atoms with Gasteiger partial charge in [0.1, 0.15) is 6.04 Å². The molecule has 1 unspecified atom stereocenters. The zero-order chi connectivity index (χ0) is 15.7. The van der Waals surface area contributed by atoms with Gasteiger partial charge in [-0.2, -0.15) is 0 Å². The first-order valence-corrected chi connectivity index (χ1v) is 8.44. The van der Waals surface area contributed by atoms with Gasteiger partial charge in [0.05, 0.1) is 26.3 Å². The highest BCUT2D eigenvalue weighted by molar-refractivity contribution is 9.10. The summed E-state index contributed by atoms with van der Waals surface area (Å²) in [6.07, 6.45) is -0.922. The second-order valence-corrected chi connectivity index (χ2v) is 7.10. The summed E-state index contributed by atoms with van der Waals surface area (Å²) in [5.41, 5.74) is 0. The van der Waals surface area contributed by atoms with Gasteiger partial charge in [-0.05, 0) is 22.0 Å². The molecule has 9 heteroatoms. The van der Waals surface area contributed by atoms with E-state index in [-0.39, 0.29) is 18.9 Å². The number of carbonyl (C=O) groups excluding carboxylic acids is 1. The van der Waals surface area contributed by atoms with Gasteiger partial charge in [-0.3, -0.25) is 9.69 Å². The van der Waals surface area contributed by atoms with Crippen molar-refractivity contribution in [3.8, 4) is 0 Å². The van der Waals surface area contributed by atoms with Crippen molar-refractivity contribution in [1.29, 1.82) is 0 Å². The highest BCUT2D eigenvalue weighted by Gasteiger charge is 2.52. The van der Waals surface area contributed by atoms with Gasteiger partial charge in [0.15, 0.2) is 5.79 Å². The summed E-state index contributed by atoms with van der Waals surface area (Å²) < 4.78 is 12.0. The van der Waals surface area contributed by atoms with Gasteiger partial charge in [0.25, 0.3) is 0 Å². The van der Waals surface area contributed by atoms with Crippen LogP contribution in [0.5, 0.6) is 0 Å². The molecule has 0 bridgehead atoms. The quantitative estimate of drug-likeness (QED) is 0.818. The molecule has 120 valence electrons. The molecule has 2 aliphatic rings. The van der Waals surface area contributed by atoms with Crippen LogP contribution < -0.4 is 5.32 Å². The molecule has 0 aliphatic carbocycles. The lowest BCUT2D eigenvalue weighted by Gasteiger charge is -2.20. The number of carbonyl (C=O) groups is 2. The second kappa shape index (κ2) is 6.15. The predicted molar refractivity (Wildman–Crippen MR) is 81.6 cm³/mol. The minimum Gasteiger partial charge on any atom is -0.465 e. The fraction of sp³-hybridized carbons (Fsp3) is 0.538. The third kappa shape index (κ3) is 3.12. The van der Waals surface area contributed by atoms with E-state index in [1.54, 1.807) is 0 Å². The van der Waals surface area contributed by atoms with Gasteiger partial charge in [-0.25, -0.2) is 4.79 Å². The van der Waals surface area contributed by atoms with Crippen LogP contribution >= 0.6 is 27.3 Å². The van der Waals surface area contributed by atoms with Crippen LogP contribution in [0, 0.1) is 0 Å². The Morgan fingerprint density at radius 3 is 2.82 bits per heavy atom. The number of thiophene rings is 1. The number of nitrogens with one attached hydrogen (secondary N) is 1. The first-order chi connectivity index (χ1) is 10.5. The molecule has 2 aliphatic heterocycles. The fourth-order valence-electron chi connectivity index (χ4n) is 2.72. The Bertz CT molecular complexity index is 587. The summed E-state index contributed by atoms with van der Waals surface area (Å²) >= 11 is 4.87. The smallest absolute Gasteiger partial charge is 0.408 e. The Hall–Kier alpha value is -1.16. The van der Waals surface area contributed by atoms with E-state index in [2.05, 4.69) is 21.2 Å². The zero-order valence-corrected chi connectivity index (χ0v) is 14.0. The number of ether oxygens (including phenoxy) is 2. The minimum atomic E-state index is -1.14. The van der Waals surface area contributed by atoms with Crippen molar-refractivity contribution in [1.82, 2.24) is 10.2 Å². The van der Waals surface area contributed by atoms with Crippen LogP contribution in [-0.2, 0) is 20.8 Å². The van der Waals surface area contributed by atoms with E-state index in [4.69, 9.17) is 9.47 Å². The van der Waals surface area contributed by atoms with Gasteiger partial charge in [0, 0.05) is 21.2 Å². The number of carboxylic acid groups (broad SMARTS) is 1. The molecule has 1 spiro atoms. The Morgan fingerprint density at radius 2 is 2.23 bits per heavy atom. The van der Waals surface area contributed by atoms with Crippen LogP contribution in [0.15, 0.2) is 15.9 Å². The summed E-state index contributed by atoms with van der Waals surface area (Å²) in [6.45, 7) is 1.27. The van der Waals surface area contributed by atoms with Crippen LogP contribution in [0.3, 0.4) is 0 Å². The minimum absolute atomic E-state index is 0.0605. The first kappa shape index (κ1) is 15.7. The second-order valence-electron chi connectivity index (χ2n) is 5.19. The van der Waals surface area contributed by atoms with Crippen LogP contribution in [-0.4, -0.2) is 53.6 Å². The molecule has 3 rings (SSSR count). The molecule has 0 aromatic carbocycles. The summed E-state index contributed by atoms with van der Waals surface area (Å²) in [4.78, 5) is 25.8. The van der Waals surface area contributed by atoms with Crippen LogP contribution in [0.25, 0.3) is 0 Å². The molecule has 2 amide bonds. The van der Waals surface area contributed by atoms with E-state index in [1.807, 2.05) is 11.4 Å². The molecule has 0 saturated carbocycles. The van der Waals surface area contributed by atoms with Crippen molar-refractivity contribution in [2.24, 2.45) is 0 Å². The molecule has 2 fully saturated rings. The van der Waals surface area contributed by atoms with Gasteiger partial charge in [0.2, 0.25) is 5.91 Å². The van der Waals surface area contributed by atoms with Crippen molar-refractivity contribution in [3.05, 3.63) is 20.8 Å². The Morgan fingerprint density at radius 1 is 1.50 bits per heavy atom. The van der Waals surface area contributed by atoms with Crippen molar-refractivity contribution in [2.45, 2.75) is 24.8 Å². The molecular formula is C13H15BrN2O5S. The molecule has 1 aromatic rings. The topological polar surface area (TPSA) is 88.1 Å².